The van der Waals surface area contributed by atoms with Crippen LogP contribution in [0.25, 0.3) is 5.57 Å². The summed E-state index contributed by atoms with van der Waals surface area (Å²) in [7, 11) is 2.32. The average Bonchev–Trinajstić information content (AvgIpc) is 2.95. The Hall–Kier alpha value is -2.29. The lowest BCUT2D eigenvalue weighted by molar-refractivity contribution is 0.248. The monoisotopic (exact) mass is 397 g/mol. The second-order valence-corrected chi connectivity index (χ2v) is 9.62. The number of aryl methyl sites for hydroxylation is 1. The third kappa shape index (κ3) is 3.56. The Balaban J connectivity index is 1.55. The van der Waals surface area contributed by atoms with E-state index in [1.165, 1.54) is 33.6 Å². The van der Waals surface area contributed by atoms with Crippen LogP contribution in [0.3, 0.4) is 0 Å². The van der Waals surface area contributed by atoms with Crippen molar-refractivity contribution in [3.63, 3.8) is 0 Å². The SMILES string of the molecule is Cc1ccc(S[C@@H]2C[C@H]3C=C(c4ccccc4)[C@H](c4ccccc4)[C@@H]2N3C)cc1. The standard InChI is InChI=1S/C27H27NS/c1-19-13-15-23(16-14-19)29-25-18-22-17-24(20-9-5-3-6-10-20)26(27(25)28(22)2)21-11-7-4-8-12-21/h3-17,22,25-27H,18H2,1-2H3/t22-,25-,26+,27-/m1/s1. The second kappa shape index (κ2) is 7.85. The largest absolute Gasteiger partial charge is 0.295 e. The van der Waals surface area contributed by atoms with Gasteiger partial charge in [-0.1, -0.05) is 84.4 Å². The summed E-state index contributed by atoms with van der Waals surface area (Å²) in [5.74, 6) is 0.394. The van der Waals surface area contributed by atoms with Gasteiger partial charge in [-0.25, -0.2) is 0 Å². The fraction of sp³-hybridized carbons (Fsp3) is 0.259. The molecule has 2 aliphatic rings. The van der Waals surface area contributed by atoms with E-state index >= 15 is 0 Å². The van der Waals surface area contributed by atoms with Gasteiger partial charge in [0.15, 0.2) is 0 Å². The molecule has 146 valence electrons. The van der Waals surface area contributed by atoms with E-state index in [-0.39, 0.29) is 0 Å². The molecule has 0 aromatic heterocycles. The van der Waals surface area contributed by atoms with Crippen molar-refractivity contribution in [1.29, 1.82) is 0 Å². The van der Waals surface area contributed by atoms with Crippen LogP contribution in [0.4, 0.5) is 0 Å². The molecule has 2 bridgehead atoms. The number of hydrogen-bond acceptors (Lipinski definition) is 2. The molecule has 2 aliphatic heterocycles. The quantitative estimate of drug-likeness (QED) is 0.500. The number of benzene rings is 3. The summed E-state index contributed by atoms with van der Waals surface area (Å²) in [4.78, 5) is 4.00. The zero-order valence-corrected chi connectivity index (χ0v) is 17.8. The van der Waals surface area contributed by atoms with Gasteiger partial charge in [-0.05, 0) is 49.2 Å². The van der Waals surface area contributed by atoms with E-state index in [1.54, 1.807) is 0 Å². The molecule has 1 nitrogen and oxygen atoms in total. The Bertz CT molecular complexity index is 994. The fourth-order valence-corrected chi connectivity index (χ4v) is 6.44. The van der Waals surface area contributed by atoms with Crippen molar-refractivity contribution >= 4 is 17.3 Å². The van der Waals surface area contributed by atoms with Crippen molar-refractivity contribution in [2.24, 2.45) is 0 Å². The van der Waals surface area contributed by atoms with Crippen LogP contribution in [0.2, 0.25) is 0 Å². The molecule has 0 aliphatic carbocycles. The maximum absolute atomic E-state index is 2.62. The minimum Gasteiger partial charge on any atom is -0.295 e. The summed E-state index contributed by atoms with van der Waals surface area (Å²) in [5.41, 5.74) is 5.61. The Morgan fingerprint density at radius 1 is 0.828 bits per heavy atom. The Morgan fingerprint density at radius 2 is 1.48 bits per heavy atom. The van der Waals surface area contributed by atoms with Crippen molar-refractivity contribution in [3.05, 3.63) is 108 Å². The topological polar surface area (TPSA) is 3.24 Å². The maximum atomic E-state index is 2.62. The summed E-state index contributed by atoms with van der Waals surface area (Å²) in [6, 6.07) is 32.1. The smallest absolute Gasteiger partial charge is 0.0331 e. The predicted octanol–water partition coefficient (Wildman–Crippen LogP) is 6.41. The van der Waals surface area contributed by atoms with E-state index in [9.17, 15) is 0 Å². The van der Waals surface area contributed by atoms with Crippen LogP contribution in [0.1, 0.15) is 29.0 Å². The summed E-state index contributed by atoms with van der Waals surface area (Å²) >= 11 is 2.06. The van der Waals surface area contributed by atoms with Crippen molar-refractivity contribution in [2.45, 2.75) is 41.5 Å². The lowest BCUT2D eigenvalue weighted by atomic mass is 9.79. The van der Waals surface area contributed by atoms with Gasteiger partial charge in [-0.15, -0.1) is 11.8 Å². The highest BCUT2D eigenvalue weighted by molar-refractivity contribution is 8.00. The van der Waals surface area contributed by atoms with Crippen LogP contribution in [0, 0.1) is 6.92 Å². The number of hydrogen-bond donors (Lipinski definition) is 0. The molecule has 2 heteroatoms. The van der Waals surface area contributed by atoms with E-state index in [1.807, 2.05) is 0 Å². The Labute approximate surface area is 178 Å². The van der Waals surface area contributed by atoms with Gasteiger partial charge in [0.05, 0.1) is 0 Å². The number of fused-ring (bicyclic) bond motifs is 2. The first-order chi connectivity index (χ1) is 14.2. The van der Waals surface area contributed by atoms with Gasteiger partial charge >= 0.3 is 0 Å². The zero-order valence-electron chi connectivity index (χ0n) is 17.0. The van der Waals surface area contributed by atoms with E-state index in [2.05, 4.69) is 122 Å². The third-order valence-corrected chi connectivity index (χ3v) is 7.79. The molecule has 0 radical (unpaired) electrons. The first kappa shape index (κ1) is 18.7. The molecule has 3 aromatic rings. The lowest BCUT2D eigenvalue weighted by Crippen LogP contribution is -2.42. The summed E-state index contributed by atoms with van der Waals surface area (Å²) in [6.07, 6.45) is 3.75. The van der Waals surface area contributed by atoms with Crippen LogP contribution >= 0.6 is 11.8 Å². The minimum atomic E-state index is 0.394. The highest BCUT2D eigenvalue weighted by Gasteiger charge is 2.48. The maximum Gasteiger partial charge on any atom is 0.0331 e. The molecule has 4 atom stereocenters. The number of nitrogens with zero attached hydrogens (tertiary/aromatic N) is 1. The van der Waals surface area contributed by atoms with Crippen molar-refractivity contribution in [1.82, 2.24) is 4.90 Å². The molecule has 0 amide bonds. The first-order valence-corrected chi connectivity index (χ1v) is 11.4. The summed E-state index contributed by atoms with van der Waals surface area (Å²) in [6.45, 7) is 2.16. The Morgan fingerprint density at radius 3 is 2.17 bits per heavy atom. The van der Waals surface area contributed by atoms with Crippen molar-refractivity contribution in [2.75, 3.05) is 7.05 Å². The summed E-state index contributed by atoms with van der Waals surface area (Å²) in [5, 5.41) is 0.579. The first-order valence-electron chi connectivity index (χ1n) is 10.5. The van der Waals surface area contributed by atoms with Gasteiger partial charge < -0.3 is 0 Å². The highest BCUT2D eigenvalue weighted by atomic mass is 32.2. The van der Waals surface area contributed by atoms with Gasteiger partial charge in [0.25, 0.3) is 0 Å². The molecule has 2 heterocycles. The van der Waals surface area contributed by atoms with Crippen molar-refractivity contribution < 1.29 is 0 Å². The summed E-state index contributed by atoms with van der Waals surface area (Å²) < 4.78 is 0. The zero-order chi connectivity index (χ0) is 19.8. The second-order valence-electron chi connectivity index (χ2n) is 8.30. The van der Waals surface area contributed by atoms with Crippen molar-refractivity contribution in [3.8, 4) is 0 Å². The molecule has 1 fully saturated rings. The van der Waals surface area contributed by atoms with Gasteiger partial charge in [0, 0.05) is 28.1 Å². The molecule has 0 spiro atoms. The van der Waals surface area contributed by atoms with Crippen LogP contribution in [-0.2, 0) is 0 Å². The third-order valence-electron chi connectivity index (χ3n) is 6.47. The van der Waals surface area contributed by atoms with Gasteiger partial charge in [-0.2, -0.15) is 0 Å². The molecule has 0 N–H and O–H groups in total. The Kier molecular flexibility index (Phi) is 5.07. The van der Waals surface area contributed by atoms with E-state index in [4.69, 9.17) is 0 Å². The van der Waals surface area contributed by atoms with E-state index in [0.717, 1.165) is 0 Å². The number of thioether (sulfide) groups is 1. The molecular weight excluding hydrogens is 370 g/mol. The van der Waals surface area contributed by atoms with Gasteiger partial charge in [0.2, 0.25) is 0 Å². The van der Waals surface area contributed by atoms with E-state index in [0.29, 0.717) is 23.3 Å². The molecular formula is C27H27NS. The molecule has 29 heavy (non-hydrogen) atoms. The normalized spacial score (nSPS) is 26.3. The number of likely N-dealkylation sites (N-methyl/N-ethyl adjacent to an activating group) is 1. The fourth-order valence-electron chi connectivity index (χ4n) is 5.01. The molecule has 1 saturated heterocycles. The van der Waals surface area contributed by atoms with Gasteiger partial charge in [0.1, 0.15) is 0 Å². The molecule has 5 rings (SSSR count). The van der Waals surface area contributed by atoms with Crippen LogP contribution < -0.4 is 0 Å². The molecule has 3 aromatic carbocycles. The highest BCUT2D eigenvalue weighted by Crippen LogP contribution is 2.51. The predicted molar refractivity (Wildman–Crippen MR) is 124 cm³/mol. The molecule has 0 unspecified atom stereocenters. The van der Waals surface area contributed by atoms with Crippen LogP contribution in [-0.4, -0.2) is 29.3 Å². The molecule has 0 saturated carbocycles. The minimum absolute atomic E-state index is 0.394. The lowest BCUT2D eigenvalue weighted by Gasteiger charge is -2.39. The van der Waals surface area contributed by atoms with E-state index < -0.39 is 0 Å². The van der Waals surface area contributed by atoms with Crippen LogP contribution in [0.5, 0.6) is 0 Å². The number of rotatable bonds is 4. The van der Waals surface area contributed by atoms with Gasteiger partial charge in [-0.3, -0.25) is 4.90 Å². The average molecular weight is 398 g/mol. The van der Waals surface area contributed by atoms with Crippen LogP contribution in [0.15, 0.2) is 95.9 Å².